The van der Waals surface area contributed by atoms with Crippen LogP contribution in [-0.4, -0.2) is 4.98 Å². The third kappa shape index (κ3) is 3.23. The maximum Gasteiger partial charge on any atom is 0.114 e. The molecule has 0 saturated carbocycles. The highest BCUT2D eigenvalue weighted by Gasteiger charge is 2.03. The standard InChI is InChI=1S/C13H9ClN2S/c14-12-5-3-10(4-6-12)9-17-13-11(8-15)2-1-7-16-13/h1-7H,9H2. The van der Waals surface area contributed by atoms with Gasteiger partial charge in [0.2, 0.25) is 0 Å². The second-order valence-electron chi connectivity index (χ2n) is 3.38. The molecule has 0 saturated heterocycles. The summed E-state index contributed by atoms with van der Waals surface area (Å²) in [5.41, 5.74) is 1.78. The maximum absolute atomic E-state index is 8.93. The van der Waals surface area contributed by atoms with Gasteiger partial charge in [0.1, 0.15) is 11.1 Å². The summed E-state index contributed by atoms with van der Waals surface area (Å²) < 4.78 is 0. The summed E-state index contributed by atoms with van der Waals surface area (Å²) in [4.78, 5) is 4.20. The van der Waals surface area contributed by atoms with Gasteiger partial charge in [-0.25, -0.2) is 4.98 Å². The average Bonchev–Trinajstić information content (AvgIpc) is 2.38. The van der Waals surface area contributed by atoms with Crippen LogP contribution in [0.5, 0.6) is 0 Å². The summed E-state index contributed by atoms with van der Waals surface area (Å²) in [5.74, 6) is 0.781. The molecule has 1 heterocycles. The molecule has 0 fully saturated rings. The summed E-state index contributed by atoms with van der Waals surface area (Å²) in [5, 5.41) is 10.4. The zero-order valence-corrected chi connectivity index (χ0v) is 10.5. The molecule has 84 valence electrons. The Morgan fingerprint density at radius 1 is 1.24 bits per heavy atom. The van der Waals surface area contributed by atoms with Crippen molar-refractivity contribution < 1.29 is 0 Å². The van der Waals surface area contributed by atoms with Crippen LogP contribution in [0.25, 0.3) is 0 Å². The predicted octanol–water partition coefficient (Wildman–Crippen LogP) is 3.90. The summed E-state index contributed by atoms with van der Waals surface area (Å²) in [6.45, 7) is 0. The number of hydrogen-bond acceptors (Lipinski definition) is 3. The van der Waals surface area contributed by atoms with Gasteiger partial charge in [-0.3, -0.25) is 0 Å². The van der Waals surface area contributed by atoms with Gasteiger partial charge < -0.3 is 0 Å². The van der Waals surface area contributed by atoms with Crippen LogP contribution in [0.15, 0.2) is 47.6 Å². The maximum atomic E-state index is 8.93. The minimum Gasteiger partial charge on any atom is -0.249 e. The van der Waals surface area contributed by atoms with E-state index in [1.54, 1.807) is 30.1 Å². The number of aromatic nitrogens is 1. The number of pyridine rings is 1. The Bertz CT molecular complexity index is 546. The van der Waals surface area contributed by atoms with Crippen molar-refractivity contribution in [2.24, 2.45) is 0 Å². The van der Waals surface area contributed by atoms with Crippen LogP contribution in [0.4, 0.5) is 0 Å². The van der Waals surface area contributed by atoms with Crippen LogP contribution >= 0.6 is 23.4 Å². The van der Waals surface area contributed by atoms with Crippen molar-refractivity contribution in [2.45, 2.75) is 10.8 Å². The Labute approximate surface area is 109 Å². The molecule has 0 spiro atoms. The number of nitrogens with zero attached hydrogens (tertiary/aromatic N) is 2. The van der Waals surface area contributed by atoms with E-state index in [-0.39, 0.29) is 0 Å². The van der Waals surface area contributed by atoms with Gasteiger partial charge in [-0.1, -0.05) is 23.7 Å². The summed E-state index contributed by atoms with van der Waals surface area (Å²) in [6, 6.07) is 13.4. The van der Waals surface area contributed by atoms with Gasteiger partial charge in [-0.2, -0.15) is 5.26 Å². The minimum atomic E-state index is 0.617. The van der Waals surface area contributed by atoms with E-state index < -0.39 is 0 Å². The number of rotatable bonds is 3. The molecule has 4 heteroatoms. The minimum absolute atomic E-state index is 0.617. The molecule has 1 aromatic carbocycles. The van der Waals surface area contributed by atoms with Gasteiger partial charge in [-0.15, -0.1) is 11.8 Å². The van der Waals surface area contributed by atoms with Crippen molar-refractivity contribution in [3.05, 3.63) is 58.7 Å². The zero-order chi connectivity index (χ0) is 12.1. The molecule has 0 bridgehead atoms. The van der Waals surface area contributed by atoms with E-state index in [2.05, 4.69) is 11.1 Å². The van der Waals surface area contributed by atoms with Gasteiger partial charge in [0, 0.05) is 17.0 Å². The van der Waals surface area contributed by atoms with Crippen molar-refractivity contribution >= 4 is 23.4 Å². The SMILES string of the molecule is N#Cc1cccnc1SCc1ccc(Cl)cc1. The lowest BCUT2D eigenvalue weighted by Gasteiger charge is -2.02. The lowest BCUT2D eigenvalue weighted by atomic mass is 10.2. The molecule has 2 aromatic rings. The number of hydrogen-bond donors (Lipinski definition) is 0. The van der Waals surface area contributed by atoms with E-state index in [1.807, 2.05) is 24.3 Å². The fraction of sp³-hybridized carbons (Fsp3) is 0.0769. The quantitative estimate of drug-likeness (QED) is 0.786. The van der Waals surface area contributed by atoms with Gasteiger partial charge in [0.15, 0.2) is 0 Å². The van der Waals surface area contributed by atoms with E-state index in [4.69, 9.17) is 16.9 Å². The Hall–Kier alpha value is -1.50. The average molecular weight is 261 g/mol. The van der Waals surface area contributed by atoms with Crippen LogP contribution in [0.3, 0.4) is 0 Å². The molecule has 1 aromatic heterocycles. The fourth-order valence-corrected chi connectivity index (χ4v) is 2.35. The first-order valence-corrected chi connectivity index (χ1v) is 6.38. The lowest BCUT2D eigenvalue weighted by Crippen LogP contribution is -1.87. The zero-order valence-electron chi connectivity index (χ0n) is 8.93. The molecule has 2 rings (SSSR count). The first-order chi connectivity index (χ1) is 8.29. The Morgan fingerprint density at radius 3 is 2.71 bits per heavy atom. The fourth-order valence-electron chi connectivity index (χ4n) is 1.32. The third-order valence-electron chi connectivity index (χ3n) is 2.18. The van der Waals surface area contributed by atoms with E-state index in [0.717, 1.165) is 21.4 Å². The van der Waals surface area contributed by atoms with Crippen LogP contribution in [0.1, 0.15) is 11.1 Å². The van der Waals surface area contributed by atoms with E-state index >= 15 is 0 Å². The Kier molecular flexibility index (Phi) is 4.03. The molecule has 0 N–H and O–H groups in total. The van der Waals surface area contributed by atoms with Crippen molar-refractivity contribution in [3.63, 3.8) is 0 Å². The van der Waals surface area contributed by atoms with E-state index in [1.165, 1.54) is 0 Å². The number of halogens is 1. The molecule has 0 amide bonds. The van der Waals surface area contributed by atoms with Crippen LogP contribution in [-0.2, 0) is 5.75 Å². The summed E-state index contributed by atoms with van der Waals surface area (Å²) in [7, 11) is 0. The lowest BCUT2D eigenvalue weighted by molar-refractivity contribution is 1.11. The molecule has 0 aliphatic heterocycles. The highest BCUT2D eigenvalue weighted by Crippen LogP contribution is 2.24. The number of nitriles is 1. The molecule has 0 atom stereocenters. The molecule has 0 aliphatic carbocycles. The van der Waals surface area contributed by atoms with Crippen molar-refractivity contribution in [2.75, 3.05) is 0 Å². The van der Waals surface area contributed by atoms with Crippen LogP contribution < -0.4 is 0 Å². The van der Waals surface area contributed by atoms with E-state index in [9.17, 15) is 0 Å². The largest absolute Gasteiger partial charge is 0.249 e. The molecule has 0 unspecified atom stereocenters. The van der Waals surface area contributed by atoms with Crippen molar-refractivity contribution in [1.29, 1.82) is 5.26 Å². The topological polar surface area (TPSA) is 36.7 Å². The molecule has 2 nitrogen and oxygen atoms in total. The van der Waals surface area contributed by atoms with Crippen molar-refractivity contribution in [3.8, 4) is 6.07 Å². The number of benzene rings is 1. The van der Waals surface area contributed by atoms with Crippen LogP contribution in [0.2, 0.25) is 5.02 Å². The second-order valence-corrected chi connectivity index (χ2v) is 4.78. The molecular weight excluding hydrogens is 252 g/mol. The monoisotopic (exact) mass is 260 g/mol. The second kappa shape index (κ2) is 5.72. The van der Waals surface area contributed by atoms with Gasteiger partial charge >= 0.3 is 0 Å². The highest BCUT2D eigenvalue weighted by molar-refractivity contribution is 7.98. The van der Waals surface area contributed by atoms with Crippen LogP contribution in [0, 0.1) is 11.3 Å². The predicted molar refractivity (Wildman–Crippen MR) is 70.0 cm³/mol. The van der Waals surface area contributed by atoms with Gasteiger partial charge in [0.25, 0.3) is 0 Å². The van der Waals surface area contributed by atoms with Crippen molar-refractivity contribution in [1.82, 2.24) is 4.98 Å². The summed E-state index contributed by atoms with van der Waals surface area (Å²) in [6.07, 6.45) is 1.70. The van der Waals surface area contributed by atoms with Gasteiger partial charge in [-0.05, 0) is 29.8 Å². The normalized spacial score (nSPS) is 9.88. The molecule has 0 aliphatic rings. The smallest absolute Gasteiger partial charge is 0.114 e. The first-order valence-electron chi connectivity index (χ1n) is 5.02. The number of thioether (sulfide) groups is 1. The first kappa shape index (κ1) is 12.0. The third-order valence-corrected chi connectivity index (χ3v) is 3.51. The summed E-state index contributed by atoms with van der Waals surface area (Å²) >= 11 is 7.37. The Balaban J connectivity index is 2.08. The molecular formula is C13H9ClN2S. The van der Waals surface area contributed by atoms with E-state index in [0.29, 0.717) is 5.56 Å². The molecule has 17 heavy (non-hydrogen) atoms. The molecule has 0 radical (unpaired) electrons. The highest BCUT2D eigenvalue weighted by atomic mass is 35.5. The Morgan fingerprint density at radius 2 is 2.00 bits per heavy atom. The van der Waals surface area contributed by atoms with Gasteiger partial charge in [0.05, 0.1) is 5.56 Å².